The molecule has 1 amide bonds. The van der Waals surface area contributed by atoms with E-state index >= 15 is 0 Å². The molecule has 0 aromatic heterocycles. The molecule has 2 rings (SSSR count). The minimum atomic E-state index is -0.182. The number of carbonyl (C=O) groups is 1. The second-order valence-electron chi connectivity index (χ2n) is 6.08. The lowest BCUT2D eigenvalue weighted by Gasteiger charge is -2.40. The molecule has 1 saturated carbocycles. The zero-order valence-electron chi connectivity index (χ0n) is 11.4. The van der Waals surface area contributed by atoms with Crippen molar-refractivity contribution in [2.45, 2.75) is 57.6 Å². The highest BCUT2D eigenvalue weighted by molar-refractivity contribution is 6.18. The van der Waals surface area contributed by atoms with E-state index in [-0.39, 0.29) is 23.5 Å². The average molecular weight is 274 g/mol. The molecule has 2 aliphatic rings. The minimum Gasteiger partial charge on any atom is -0.378 e. The second-order valence-corrected chi connectivity index (χ2v) is 6.34. The van der Waals surface area contributed by atoms with Gasteiger partial charge in [-0.05, 0) is 32.1 Å². The predicted molar refractivity (Wildman–Crippen MR) is 72.7 cm³/mol. The average Bonchev–Trinajstić information content (AvgIpc) is 2.75. The highest BCUT2D eigenvalue weighted by Crippen LogP contribution is 2.34. The van der Waals surface area contributed by atoms with Crippen LogP contribution in [-0.4, -0.2) is 30.0 Å². The molecule has 18 heavy (non-hydrogen) atoms. The maximum Gasteiger partial charge on any atom is 0.226 e. The fourth-order valence-corrected chi connectivity index (χ4v) is 3.67. The Labute approximate surface area is 115 Å². The second kappa shape index (κ2) is 5.79. The van der Waals surface area contributed by atoms with Crippen molar-refractivity contribution in [2.75, 3.05) is 12.5 Å². The van der Waals surface area contributed by atoms with Crippen LogP contribution in [0.3, 0.4) is 0 Å². The van der Waals surface area contributed by atoms with Gasteiger partial charge in [0.25, 0.3) is 0 Å². The van der Waals surface area contributed by atoms with Crippen LogP contribution in [0.2, 0.25) is 0 Å². The Kier molecular flexibility index (Phi) is 4.54. The molecule has 2 fully saturated rings. The van der Waals surface area contributed by atoms with Gasteiger partial charge in [-0.25, -0.2) is 0 Å². The summed E-state index contributed by atoms with van der Waals surface area (Å²) in [6, 6.07) is 0. The normalized spacial score (nSPS) is 40.7. The molecule has 104 valence electrons. The summed E-state index contributed by atoms with van der Waals surface area (Å²) in [6.45, 7) is 4.92. The highest BCUT2D eigenvalue weighted by Gasteiger charge is 2.39. The maximum absolute atomic E-state index is 12.3. The fraction of sp³-hybridized carbons (Fsp3) is 0.929. The lowest BCUT2D eigenvalue weighted by Crippen LogP contribution is -2.54. The standard InChI is InChI=1S/C14H24ClNO2/c1-10-4-3-6-14(8-10,9-15)16-13(17)12-5-7-18-11(12)2/h10-12H,3-9H2,1-2H3,(H,16,17). The molecule has 4 heteroatoms. The Bertz CT molecular complexity index is 310. The van der Waals surface area contributed by atoms with Gasteiger partial charge in [0.2, 0.25) is 5.91 Å². The Morgan fingerprint density at radius 3 is 2.78 bits per heavy atom. The third-order valence-electron chi connectivity index (χ3n) is 4.45. The molecular formula is C14H24ClNO2. The van der Waals surface area contributed by atoms with Crippen LogP contribution in [0, 0.1) is 11.8 Å². The summed E-state index contributed by atoms with van der Waals surface area (Å²) in [5.74, 6) is 1.30. The molecule has 1 saturated heterocycles. The van der Waals surface area contributed by atoms with Crippen molar-refractivity contribution in [3.8, 4) is 0 Å². The van der Waals surface area contributed by atoms with E-state index < -0.39 is 0 Å². The lowest BCUT2D eigenvalue weighted by molar-refractivity contribution is -0.128. The number of ether oxygens (including phenoxy) is 1. The number of nitrogens with one attached hydrogen (secondary N) is 1. The van der Waals surface area contributed by atoms with Crippen LogP contribution in [0.25, 0.3) is 0 Å². The molecule has 0 aromatic carbocycles. The monoisotopic (exact) mass is 273 g/mol. The van der Waals surface area contributed by atoms with Crippen LogP contribution in [0.15, 0.2) is 0 Å². The number of halogens is 1. The van der Waals surface area contributed by atoms with Gasteiger partial charge < -0.3 is 10.1 Å². The molecule has 4 unspecified atom stereocenters. The van der Waals surface area contributed by atoms with Crippen LogP contribution in [0.4, 0.5) is 0 Å². The molecule has 4 atom stereocenters. The van der Waals surface area contributed by atoms with E-state index in [1.165, 1.54) is 6.42 Å². The van der Waals surface area contributed by atoms with Gasteiger partial charge in [-0.15, -0.1) is 11.6 Å². The van der Waals surface area contributed by atoms with Crippen LogP contribution in [0.5, 0.6) is 0 Å². The van der Waals surface area contributed by atoms with Gasteiger partial charge in [-0.1, -0.05) is 19.8 Å². The van der Waals surface area contributed by atoms with Crippen molar-refractivity contribution in [1.29, 1.82) is 0 Å². The summed E-state index contributed by atoms with van der Waals surface area (Å²) in [6.07, 6.45) is 5.29. The van der Waals surface area contributed by atoms with Crippen LogP contribution in [0.1, 0.15) is 46.0 Å². The molecular weight excluding hydrogens is 250 g/mol. The molecule has 0 spiro atoms. The van der Waals surface area contributed by atoms with Crippen molar-refractivity contribution in [3.63, 3.8) is 0 Å². The first kappa shape index (κ1) is 14.1. The van der Waals surface area contributed by atoms with Crippen molar-refractivity contribution >= 4 is 17.5 Å². The van der Waals surface area contributed by atoms with Gasteiger partial charge in [0, 0.05) is 12.5 Å². The lowest BCUT2D eigenvalue weighted by atomic mass is 9.77. The molecule has 0 bridgehead atoms. The Morgan fingerprint density at radius 1 is 1.44 bits per heavy atom. The van der Waals surface area contributed by atoms with Crippen LogP contribution < -0.4 is 5.32 Å². The number of alkyl halides is 1. The van der Waals surface area contributed by atoms with E-state index in [4.69, 9.17) is 16.3 Å². The summed E-state index contributed by atoms with van der Waals surface area (Å²) in [5.41, 5.74) is -0.182. The number of hydrogen-bond acceptors (Lipinski definition) is 2. The smallest absolute Gasteiger partial charge is 0.226 e. The van der Waals surface area contributed by atoms with E-state index in [9.17, 15) is 4.79 Å². The molecule has 3 nitrogen and oxygen atoms in total. The maximum atomic E-state index is 12.3. The summed E-state index contributed by atoms with van der Waals surface area (Å²) in [7, 11) is 0. The van der Waals surface area contributed by atoms with E-state index in [1.807, 2.05) is 6.92 Å². The van der Waals surface area contributed by atoms with Crippen molar-refractivity contribution < 1.29 is 9.53 Å². The van der Waals surface area contributed by atoms with Crippen LogP contribution >= 0.6 is 11.6 Å². The quantitative estimate of drug-likeness (QED) is 0.803. The largest absolute Gasteiger partial charge is 0.378 e. The number of rotatable bonds is 3. The summed E-state index contributed by atoms with van der Waals surface area (Å²) < 4.78 is 5.47. The van der Waals surface area contributed by atoms with E-state index in [2.05, 4.69) is 12.2 Å². The summed E-state index contributed by atoms with van der Waals surface area (Å²) >= 11 is 6.14. The highest BCUT2D eigenvalue weighted by atomic mass is 35.5. The molecule has 1 heterocycles. The summed E-state index contributed by atoms with van der Waals surface area (Å²) in [4.78, 5) is 12.3. The van der Waals surface area contributed by atoms with Gasteiger partial charge in [0.1, 0.15) is 0 Å². The van der Waals surface area contributed by atoms with Crippen molar-refractivity contribution in [3.05, 3.63) is 0 Å². The summed E-state index contributed by atoms with van der Waals surface area (Å²) in [5, 5.41) is 3.23. The van der Waals surface area contributed by atoms with Gasteiger partial charge in [0.15, 0.2) is 0 Å². The van der Waals surface area contributed by atoms with E-state index in [0.29, 0.717) is 18.4 Å². The fourth-order valence-electron chi connectivity index (χ4n) is 3.36. The van der Waals surface area contributed by atoms with Crippen LogP contribution in [-0.2, 0) is 9.53 Å². The Morgan fingerprint density at radius 2 is 2.22 bits per heavy atom. The number of hydrogen-bond donors (Lipinski definition) is 1. The molecule has 1 N–H and O–H groups in total. The topological polar surface area (TPSA) is 38.3 Å². The van der Waals surface area contributed by atoms with Gasteiger partial charge in [-0.2, -0.15) is 0 Å². The molecule has 1 aliphatic heterocycles. The number of carbonyl (C=O) groups excluding carboxylic acids is 1. The zero-order valence-corrected chi connectivity index (χ0v) is 12.1. The zero-order chi connectivity index (χ0) is 13.2. The van der Waals surface area contributed by atoms with E-state index in [0.717, 1.165) is 25.7 Å². The predicted octanol–water partition coefficient (Wildman–Crippen LogP) is 2.72. The van der Waals surface area contributed by atoms with Crippen molar-refractivity contribution in [1.82, 2.24) is 5.32 Å². The minimum absolute atomic E-state index is 0.00215. The molecule has 0 radical (unpaired) electrons. The first-order chi connectivity index (χ1) is 8.56. The molecule has 0 aromatic rings. The SMILES string of the molecule is CC1CCCC(CCl)(NC(=O)C2CCOC2C)C1. The number of amides is 1. The van der Waals surface area contributed by atoms with Crippen molar-refractivity contribution in [2.24, 2.45) is 11.8 Å². The first-order valence-electron chi connectivity index (χ1n) is 7.06. The van der Waals surface area contributed by atoms with Gasteiger partial charge in [0.05, 0.1) is 17.6 Å². The van der Waals surface area contributed by atoms with E-state index in [1.54, 1.807) is 0 Å². The Balaban J connectivity index is 1.99. The third kappa shape index (κ3) is 3.00. The third-order valence-corrected chi connectivity index (χ3v) is 4.96. The van der Waals surface area contributed by atoms with Gasteiger partial charge in [-0.3, -0.25) is 4.79 Å². The first-order valence-corrected chi connectivity index (χ1v) is 7.59. The van der Waals surface area contributed by atoms with Gasteiger partial charge >= 0.3 is 0 Å². The molecule has 1 aliphatic carbocycles. The Hall–Kier alpha value is -0.280.